The van der Waals surface area contributed by atoms with Crippen LogP contribution >= 0.6 is 0 Å². The number of benzene rings is 1. The monoisotopic (exact) mass is 261 g/mol. The molecule has 102 valence electrons. The van der Waals surface area contributed by atoms with Crippen LogP contribution in [0.3, 0.4) is 0 Å². The molecule has 0 aromatic heterocycles. The van der Waals surface area contributed by atoms with E-state index in [0.717, 1.165) is 55.8 Å². The lowest BCUT2D eigenvalue weighted by molar-refractivity contribution is 0.0317. The Kier molecular flexibility index (Phi) is 3.80. The summed E-state index contributed by atoms with van der Waals surface area (Å²) in [4.78, 5) is 12.1. The number of ether oxygens (including phenoxy) is 2. The molecule has 2 heterocycles. The van der Waals surface area contributed by atoms with E-state index < -0.39 is 0 Å². The lowest BCUT2D eigenvalue weighted by Gasteiger charge is -2.22. The molecular weight excluding hydrogens is 242 g/mol. The Balaban J connectivity index is 1.57. The van der Waals surface area contributed by atoms with Gasteiger partial charge in [0.25, 0.3) is 0 Å². The highest BCUT2D eigenvalue weighted by molar-refractivity contribution is 5.97. The minimum Gasteiger partial charge on any atom is -0.493 e. The molecule has 1 aromatic carbocycles. The Morgan fingerprint density at radius 3 is 3.05 bits per heavy atom. The van der Waals surface area contributed by atoms with Gasteiger partial charge in [-0.1, -0.05) is 0 Å². The molecule has 1 N–H and O–H groups in total. The van der Waals surface area contributed by atoms with Gasteiger partial charge in [-0.25, -0.2) is 0 Å². The summed E-state index contributed by atoms with van der Waals surface area (Å²) in [6, 6.07) is 5.66. The van der Waals surface area contributed by atoms with Crippen molar-refractivity contribution in [1.82, 2.24) is 5.32 Å². The number of rotatable bonds is 4. The summed E-state index contributed by atoms with van der Waals surface area (Å²) in [6.07, 6.45) is 3.10. The van der Waals surface area contributed by atoms with Gasteiger partial charge in [-0.15, -0.1) is 0 Å². The molecule has 2 aliphatic rings. The summed E-state index contributed by atoms with van der Waals surface area (Å²) in [6.45, 7) is 2.87. The third-order valence-electron chi connectivity index (χ3n) is 3.75. The van der Waals surface area contributed by atoms with E-state index in [1.165, 1.54) is 0 Å². The molecule has 0 atom stereocenters. The van der Waals surface area contributed by atoms with Crippen LogP contribution in [-0.4, -0.2) is 38.2 Å². The highest BCUT2D eigenvalue weighted by atomic mass is 16.5. The summed E-state index contributed by atoms with van der Waals surface area (Å²) in [7, 11) is 0. The maximum atomic E-state index is 12.1. The van der Waals surface area contributed by atoms with E-state index in [4.69, 9.17) is 9.47 Å². The van der Waals surface area contributed by atoms with Gasteiger partial charge in [0.1, 0.15) is 12.4 Å². The van der Waals surface area contributed by atoms with Gasteiger partial charge < -0.3 is 14.8 Å². The third kappa shape index (κ3) is 2.96. The van der Waals surface area contributed by atoms with Crippen LogP contribution in [0.5, 0.6) is 5.75 Å². The van der Waals surface area contributed by atoms with Gasteiger partial charge in [0, 0.05) is 12.0 Å². The van der Waals surface area contributed by atoms with Crippen LogP contribution in [0.4, 0.5) is 0 Å². The smallest absolute Gasteiger partial charge is 0.188 e. The van der Waals surface area contributed by atoms with Crippen LogP contribution in [0.15, 0.2) is 18.2 Å². The van der Waals surface area contributed by atoms with Crippen molar-refractivity contribution in [1.29, 1.82) is 0 Å². The van der Waals surface area contributed by atoms with Crippen LogP contribution < -0.4 is 10.1 Å². The number of hydrogen-bond acceptors (Lipinski definition) is 4. The second-order valence-corrected chi connectivity index (χ2v) is 5.10. The average Bonchev–Trinajstić information content (AvgIpc) is 2.93. The van der Waals surface area contributed by atoms with Crippen LogP contribution in [0.2, 0.25) is 0 Å². The third-order valence-corrected chi connectivity index (χ3v) is 3.75. The topological polar surface area (TPSA) is 47.6 Å². The molecule has 1 fully saturated rings. The van der Waals surface area contributed by atoms with Crippen LogP contribution in [0.1, 0.15) is 28.8 Å². The van der Waals surface area contributed by atoms with Crippen molar-refractivity contribution < 1.29 is 14.3 Å². The van der Waals surface area contributed by atoms with Gasteiger partial charge in [-0.2, -0.15) is 0 Å². The first kappa shape index (κ1) is 12.6. The fourth-order valence-electron chi connectivity index (χ4n) is 2.60. The van der Waals surface area contributed by atoms with Gasteiger partial charge in [0.05, 0.1) is 12.7 Å². The maximum Gasteiger partial charge on any atom is 0.188 e. The van der Waals surface area contributed by atoms with Crippen LogP contribution in [0, 0.1) is 0 Å². The van der Waals surface area contributed by atoms with Crippen molar-refractivity contribution in [2.24, 2.45) is 0 Å². The minimum atomic E-state index is 0.0632. The molecule has 1 saturated heterocycles. The molecule has 4 nitrogen and oxygen atoms in total. The molecule has 0 radical (unpaired) electrons. The zero-order chi connectivity index (χ0) is 13.1. The molecule has 2 aliphatic heterocycles. The summed E-state index contributed by atoms with van der Waals surface area (Å²) in [5.74, 6) is 0.976. The number of hydrogen-bond donors (Lipinski definition) is 1. The standard InChI is InChI=1S/C15H19NO3/c17-14(10-19-13-3-6-16-7-4-13)11-1-2-15-12(9-11)5-8-18-15/h1-2,9,13,16H,3-8,10H2. The van der Waals surface area contributed by atoms with E-state index in [-0.39, 0.29) is 18.5 Å². The van der Waals surface area contributed by atoms with Crippen molar-refractivity contribution in [3.05, 3.63) is 29.3 Å². The van der Waals surface area contributed by atoms with Gasteiger partial charge >= 0.3 is 0 Å². The molecule has 0 unspecified atom stereocenters. The average molecular weight is 261 g/mol. The first-order valence-corrected chi connectivity index (χ1v) is 6.94. The molecule has 1 aromatic rings. The first-order chi connectivity index (χ1) is 9.33. The summed E-state index contributed by atoms with van der Waals surface area (Å²) < 4.78 is 11.1. The Morgan fingerprint density at radius 1 is 1.37 bits per heavy atom. The summed E-state index contributed by atoms with van der Waals surface area (Å²) in [5, 5.41) is 3.28. The second kappa shape index (κ2) is 5.72. The van der Waals surface area contributed by atoms with E-state index in [0.29, 0.717) is 0 Å². The van der Waals surface area contributed by atoms with E-state index in [9.17, 15) is 4.79 Å². The SMILES string of the molecule is O=C(COC1CCNCC1)c1ccc2c(c1)CCO2. The molecule has 0 amide bonds. The number of nitrogens with one attached hydrogen (secondary N) is 1. The Bertz CT molecular complexity index is 466. The maximum absolute atomic E-state index is 12.1. The number of piperidine rings is 1. The Hall–Kier alpha value is -1.39. The predicted octanol–water partition coefficient (Wildman–Crippen LogP) is 1.57. The zero-order valence-corrected chi connectivity index (χ0v) is 11.0. The van der Waals surface area contributed by atoms with Crippen molar-refractivity contribution in [2.45, 2.75) is 25.4 Å². The lowest BCUT2D eigenvalue weighted by Crippen LogP contribution is -2.33. The Labute approximate surface area is 113 Å². The van der Waals surface area contributed by atoms with E-state index in [2.05, 4.69) is 5.32 Å². The highest BCUT2D eigenvalue weighted by Crippen LogP contribution is 2.26. The van der Waals surface area contributed by atoms with Crippen LogP contribution in [-0.2, 0) is 11.2 Å². The molecule has 4 heteroatoms. The van der Waals surface area contributed by atoms with Crippen molar-refractivity contribution in [3.8, 4) is 5.75 Å². The van der Waals surface area contributed by atoms with Crippen molar-refractivity contribution in [3.63, 3.8) is 0 Å². The molecule has 0 aliphatic carbocycles. The predicted molar refractivity (Wildman–Crippen MR) is 71.8 cm³/mol. The number of carbonyl (C=O) groups is 1. The number of carbonyl (C=O) groups excluding carboxylic acids is 1. The number of ketones is 1. The highest BCUT2D eigenvalue weighted by Gasteiger charge is 2.18. The summed E-state index contributed by atoms with van der Waals surface area (Å²) >= 11 is 0. The van der Waals surface area contributed by atoms with E-state index in [1.807, 2.05) is 18.2 Å². The lowest BCUT2D eigenvalue weighted by atomic mass is 10.1. The molecule has 19 heavy (non-hydrogen) atoms. The largest absolute Gasteiger partial charge is 0.493 e. The molecule has 0 saturated carbocycles. The van der Waals surface area contributed by atoms with E-state index in [1.54, 1.807) is 0 Å². The van der Waals surface area contributed by atoms with Gasteiger partial charge in [-0.05, 0) is 49.7 Å². The molecule has 3 rings (SSSR count). The zero-order valence-electron chi connectivity index (χ0n) is 11.0. The normalized spacial score (nSPS) is 18.9. The molecular formula is C15H19NO3. The van der Waals surface area contributed by atoms with Gasteiger partial charge in [-0.3, -0.25) is 4.79 Å². The Morgan fingerprint density at radius 2 is 2.21 bits per heavy atom. The molecule has 0 bridgehead atoms. The number of Topliss-reactive ketones (excluding diaryl/α,β-unsaturated/α-hetero) is 1. The molecule has 0 spiro atoms. The number of fused-ring (bicyclic) bond motifs is 1. The van der Waals surface area contributed by atoms with Gasteiger partial charge in [0.2, 0.25) is 0 Å². The summed E-state index contributed by atoms with van der Waals surface area (Å²) in [5.41, 5.74) is 1.87. The second-order valence-electron chi connectivity index (χ2n) is 5.10. The fraction of sp³-hybridized carbons (Fsp3) is 0.533. The van der Waals surface area contributed by atoms with Crippen LogP contribution in [0.25, 0.3) is 0 Å². The van der Waals surface area contributed by atoms with E-state index >= 15 is 0 Å². The first-order valence-electron chi connectivity index (χ1n) is 6.94. The van der Waals surface area contributed by atoms with Crippen molar-refractivity contribution in [2.75, 3.05) is 26.3 Å². The quantitative estimate of drug-likeness (QED) is 0.836. The van der Waals surface area contributed by atoms with Gasteiger partial charge in [0.15, 0.2) is 5.78 Å². The fourth-order valence-corrected chi connectivity index (χ4v) is 2.60. The minimum absolute atomic E-state index is 0.0632. The van der Waals surface area contributed by atoms with Crippen molar-refractivity contribution >= 4 is 5.78 Å².